The van der Waals surface area contributed by atoms with Crippen LogP contribution in [0.4, 0.5) is 0 Å². The molecule has 6 rings (SSSR count). The van der Waals surface area contributed by atoms with E-state index in [2.05, 4.69) is 60.2 Å². The molecule has 0 bridgehead atoms. The molecule has 0 spiro atoms. The quantitative estimate of drug-likeness (QED) is 0.180. The molecule has 45 heavy (non-hydrogen) atoms. The first-order chi connectivity index (χ1) is 21.8. The highest BCUT2D eigenvalue weighted by Crippen LogP contribution is 2.37. The maximum Gasteiger partial charge on any atom is 0.323 e. The minimum Gasteiger partial charge on any atom is -0.486 e. The summed E-state index contributed by atoms with van der Waals surface area (Å²) in [5.41, 5.74) is 6.73. The van der Waals surface area contributed by atoms with Gasteiger partial charge in [0, 0.05) is 31.7 Å². The number of ether oxygens (including phenoxy) is 3. The molecule has 0 amide bonds. The first-order valence-electron chi connectivity index (χ1n) is 15.4. The number of rotatable bonds is 8. The van der Waals surface area contributed by atoms with Gasteiger partial charge in [0.2, 0.25) is 0 Å². The number of halogens is 2. The molecular weight excluding hydrogens is 607 g/mol. The van der Waals surface area contributed by atoms with E-state index in [4.69, 9.17) is 37.4 Å². The summed E-state index contributed by atoms with van der Waals surface area (Å²) < 4.78 is 18.3. The largest absolute Gasteiger partial charge is 0.486 e. The molecule has 0 N–H and O–H groups in total. The first kappa shape index (κ1) is 31.4. The van der Waals surface area contributed by atoms with E-state index in [1.54, 1.807) is 0 Å². The van der Waals surface area contributed by atoms with Crippen LogP contribution >= 0.6 is 23.2 Å². The lowest BCUT2D eigenvalue weighted by atomic mass is 9.91. The van der Waals surface area contributed by atoms with E-state index in [0.29, 0.717) is 29.6 Å². The molecule has 0 radical (unpaired) electrons. The number of esters is 1. The smallest absolute Gasteiger partial charge is 0.323 e. The number of carbonyl (C=O) groups is 1. The van der Waals surface area contributed by atoms with Crippen LogP contribution in [0.15, 0.2) is 84.9 Å². The molecule has 2 aliphatic heterocycles. The van der Waals surface area contributed by atoms with Crippen molar-refractivity contribution in [1.82, 2.24) is 9.80 Å². The van der Waals surface area contributed by atoms with Crippen LogP contribution in [0.2, 0.25) is 10.0 Å². The number of methoxy groups -OCH3 is 1. The molecule has 4 aromatic rings. The molecule has 2 heterocycles. The van der Waals surface area contributed by atoms with E-state index in [-0.39, 0.29) is 24.2 Å². The maximum atomic E-state index is 12.9. The van der Waals surface area contributed by atoms with Crippen LogP contribution in [0.1, 0.15) is 58.9 Å². The molecule has 0 aromatic heterocycles. The van der Waals surface area contributed by atoms with Gasteiger partial charge in [0.25, 0.3) is 0 Å². The lowest BCUT2D eigenvalue weighted by Gasteiger charge is -2.35. The van der Waals surface area contributed by atoms with E-state index in [1.807, 2.05) is 48.5 Å². The summed E-state index contributed by atoms with van der Waals surface area (Å²) in [6.45, 7) is 4.90. The molecule has 0 saturated carbocycles. The van der Waals surface area contributed by atoms with Crippen molar-refractivity contribution < 1.29 is 19.0 Å². The molecule has 4 aromatic carbocycles. The van der Waals surface area contributed by atoms with Gasteiger partial charge in [-0.05, 0) is 78.0 Å². The Morgan fingerprint density at radius 2 is 1.71 bits per heavy atom. The van der Waals surface area contributed by atoms with Crippen LogP contribution < -0.4 is 9.47 Å². The number of benzene rings is 4. The summed E-state index contributed by atoms with van der Waals surface area (Å²) in [7, 11) is 3.58. The zero-order valence-electron chi connectivity index (χ0n) is 25.8. The van der Waals surface area contributed by atoms with Crippen LogP contribution in [0, 0.1) is 0 Å². The van der Waals surface area contributed by atoms with E-state index < -0.39 is 0 Å². The van der Waals surface area contributed by atoms with Gasteiger partial charge >= 0.3 is 5.97 Å². The molecule has 0 aliphatic carbocycles. The number of likely N-dealkylation sites (N-methyl/N-ethyl adjacent to an activating group) is 1. The first-order valence-corrected chi connectivity index (χ1v) is 16.1. The third kappa shape index (κ3) is 7.15. The molecule has 234 valence electrons. The zero-order chi connectivity index (χ0) is 31.5. The minimum atomic E-state index is -0.331. The summed E-state index contributed by atoms with van der Waals surface area (Å²) in [5.74, 6) is 1.48. The number of hydrogen-bond donors (Lipinski definition) is 0. The van der Waals surface area contributed by atoms with Crippen LogP contribution in [0.5, 0.6) is 11.5 Å². The summed E-state index contributed by atoms with van der Waals surface area (Å²) in [5, 5.41) is 1.06. The zero-order valence-corrected chi connectivity index (χ0v) is 27.4. The molecule has 0 fully saturated rings. The van der Waals surface area contributed by atoms with Gasteiger partial charge in [-0.25, -0.2) is 0 Å². The van der Waals surface area contributed by atoms with Gasteiger partial charge in [-0.3, -0.25) is 14.6 Å². The average molecular weight is 646 g/mol. The fourth-order valence-electron chi connectivity index (χ4n) is 6.33. The molecular formula is C37H38Cl2N2O4. The molecule has 8 heteroatoms. The van der Waals surface area contributed by atoms with Crippen LogP contribution in [-0.2, 0) is 35.6 Å². The van der Waals surface area contributed by atoms with Crippen LogP contribution in [0.25, 0.3) is 0 Å². The van der Waals surface area contributed by atoms with Crippen molar-refractivity contribution in [2.45, 2.75) is 57.6 Å². The average Bonchev–Trinajstić information content (AvgIpc) is 3.21. The second-order valence-corrected chi connectivity index (χ2v) is 12.7. The van der Waals surface area contributed by atoms with E-state index in [0.717, 1.165) is 53.3 Å². The Balaban J connectivity index is 1.21. The summed E-state index contributed by atoms with van der Waals surface area (Å²) in [6.07, 6.45) is 1.12. The summed E-state index contributed by atoms with van der Waals surface area (Å²) in [4.78, 5) is 17.3. The Bertz CT molecular complexity index is 1650. The summed E-state index contributed by atoms with van der Waals surface area (Å²) >= 11 is 12.4. The summed E-state index contributed by atoms with van der Waals surface area (Å²) in [6, 6.07) is 28.1. The molecule has 6 nitrogen and oxygen atoms in total. The highest BCUT2D eigenvalue weighted by molar-refractivity contribution is 6.42. The third-order valence-corrected chi connectivity index (χ3v) is 9.45. The van der Waals surface area contributed by atoms with Gasteiger partial charge in [-0.2, -0.15) is 0 Å². The van der Waals surface area contributed by atoms with Gasteiger partial charge in [-0.1, -0.05) is 84.7 Å². The molecule has 0 saturated heterocycles. The van der Waals surface area contributed by atoms with Crippen LogP contribution in [-0.4, -0.2) is 42.5 Å². The van der Waals surface area contributed by atoms with Crippen LogP contribution in [0.3, 0.4) is 0 Å². The number of nitrogens with zero attached hydrogens (tertiary/aromatic N) is 2. The maximum absolute atomic E-state index is 12.9. The second-order valence-electron chi connectivity index (χ2n) is 11.9. The Hall–Kier alpha value is -3.55. The third-order valence-electron chi connectivity index (χ3n) is 8.72. The predicted molar refractivity (Wildman–Crippen MR) is 178 cm³/mol. The highest BCUT2D eigenvalue weighted by atomic mass is 35.5. The highest BCUT2D eigenvalue weighted by Gasteiger charge is 2.34. The van der Waals surface area contributed by atoms with Crippen molar-refractivity contribution in [2.75, 3.05) is 20.7 Å². The van der Waals surface area contributed by atoms with E-state index in [1.165, 1.54) is 18.2 Å². The number of fused-ring (bicyclic) bond motifs is 2. The van der Waals surface area contributed by atoms with E-state index >= 15 is 0 Å². The van der Waals surface area contributed by atoms with E-state index in [9.17, 15) is 4.79 Å². The van der Waals surface area contributed by atoms with Crippen molar-refractivity contribution in [2.24, 2.45) is 0 Å². The fraction of sp³-hybridized carbons (Fsp3) is 0.324. The Labute approximate surface area is 275 Å². The number of carbonyl (C=O) groups excluding carboxylic acids is 1. The molecule has 2 aliphatic rings. The monoisotopic (exact) mass is 644 g/mol. The second kappa shape index (κ2) is 13.8. The lowest BCUT2D eigenvalue weighted by Crippen LogP contribution is -2.45. The fourth-order valence-corrected chi connectivity index (χ4v) is 6.64. The van der Waals surface area contributed by atoms with Gasteiger partial charge in [-0.15, -0.1) is 0 Å². The van der Waals surface area contributed by atoms with Gasteiger partial charge in [0.1, 0.15) is 29.7 Å². The van der Waals surface area contributed by atoms with Crippen molar-refractivity contribution in [3.8, 4) is 11.5 Å². The standard InChI is InChI=1S/C37H38Cl2N2O4/c1-4-34(26-12-15-31(38)32(39)17-26)44-30-13-10-25(11-14-30)36-23-40(2)21-29-16-27-18-33(37(42)43-3)41(20-24-8-6-5-7-9-24)22-28(27)19-35(29)45-36/h5-17,19,33-34,36H,4,18,20-23H2,1-3H3/t33-,34+,36+/m0/s1. The van der Waals surface area contributed by atoms with Gasteiger partial charge in [0.05, 0.1) is 17.2 Å². The SMILES string of the molecule is CC[C@@H](Oc1ccc([C@H]2CN(C)Cc3cc4c(cc3O2)CN(Cc2ccccc2)[C@H](C(=O)OC)C4)cc1)c1ccc(Cl)c(Cl)c1. The van der Waals surface area contributed by atoms with Crippen molar-refractivity contribution in [1.29, 1.82) is 0 Å². The lowest BCUT2D eigenvalue weighted by molar-refractivity contribution is -0.148. The predicted octanol–water partition coefficient (Wildman–Crippen LogP) is 8.19. The molecule has 3 atom stereocenters. The van der Waals surface area contributed by atoms with Gasteiger partial charge < -0.3 is 14.2 Å². The van der Waals surface area contributed by atoms with Crippen molar-refractivity contribution in [3.05, 3.63) is 128 Å². The molecule has 0 unspecified atom stereocenters. The van der Waals surface area contributed by atoms with Crippen molar-refractivity contribution in [3.63, 3.8) is 0 Å². The Kier molecular flexibility index (Phi) is 9.67. The Morgan fingerprint density at radius 1 is 0.933 bits per heavy atom. The Morgan fingerprint density at radius 3 is 2.42 bits per heavy atom. The number of hydrogen-bond acceptors (Lipinski definition) is 6. The normalized spacial score (nSPS) is 19.0. The topological polar surface area (TPSA) is 51.2 Å². The van der Waals surface area contributed by atoms with Gasteiger partial charge in [0.15, 0.2) is 0 Å². The van der Waals surface area contributed by atoms with Crippen molar-refractivity contribution >= 4 is 29.2 Å². The minimum absolute atomic E-state index is 0.135.